The average molecular weight is 324 g/mol. The summed E-state index contributed by atoms with van der Waals surface area (Å²) in [5, 5.41) is 13.3. The molecule has 1 aromatic carbocycles. The molecule has 0 saturated heterocycles. The molecule has 2 aromatic heterocycles. The molecule has 2 heterocycles. The molecule has 0 fully saturated rings. The summed E-state index contributed by atoms with van der Waals surface area (Å²) in [5.74, 6) is 0.114. The summed E-state index contributed by atoms with van der Waals surface area (Å²) in [7, 11) is 0. The number of aryl methyl sites for hydroxylation is 1. The van der Waals surface area contributed by atoms with Gasteiger partial charge in [0, 0.05) is 11.3 Å². The Labute approximate surface area is 140 Å². The van der Waals surface area contributed by atoms with E-state index in [1.54, 1.807) is 0 Å². The topological polar surface area (TPSA) is 90.9 Å². The largest absolute Gasteiger partial charge is 0.480 e. The third kappa shape index (κ3) is 3.08. The van der Waals surface area contributed by atoms with Crippen molar-refractivity contribution < 1.29 is 9.90 Å². The number of carboxylic acid groups (broad SMARTS) is 1. The van der Waals surface area contributed by atoms with Gasteiger partial charge in [-0.05, 0) is 18.9 Å². The van der Waals surface area contributed by atoms with Gasteiger partial charge in [0.05, 0.1) is 5.39 Å². The number of anilines is 1. The Morgan fingerprint density at radius 2 is 1.92 bits per heavy atom. The van der Waals surface area contributed by atoms with Gasteiger partial charge in [0.1, 0.15) is 17.5 Å². The standard InChI is InChI=1S/C18H20N4O2/c1-10(2)14(18(23)24)20-17-13-9-11(3)19-16(13)21-15(22-17)12-7-5-4-6-8-12/h4-10,14H,1-3H3,(H,23,24)(H2,19,20,21,22). The van der Waals surface area contributed by atoms with E-state index in [0.717, 1.165) is 16.6 Å². The van der Waals surface area contributed by atoms with Gasteiger partial charge in [0.2, 0.25) is 0 Å². The smallest absolute Gasteiger partial charge is 0.326 e. The maximum atomic E-state index is 11.5. The van der Waals surface area contributed by atoms with Gasteiger partial charge in [-0.15, -0.1) is 0 Å². The Morgan fingerprint density at radius 1 is 1.21 bits per heavy atom. The van der Waals surface area contributed by atoms with Crippen LogP contribution in [0.3, 0.4) is 0 Å². The Balaban J connectivity index is 2.13. The van der Waals surface area contributed by atoms with Crippen molar-refractivity contribution in [3.8, 4) is 11.4 Å². The molecule has 0 spiro atoms. The zero-order chi connectivity index (χ0) is 17.3. The molecule has 0 saturated carbocycles. The van der Waals surface area contributed by atoms with Gasteiger partial charge in [-0.2, -0.15) is 0 Å². The molecule has 1 unspecified atom stereocenters. The number of nitrogens with zero attached hydrogens (tertiary/aromatic N) is 2. The van der Waals surface area contributed by atoms with Crippen LogP contribution in [0, 0.1) is 12.8 Å². The molecule has 1 atom stereocenters. The molecule has 24 heavy (non-hydrogen) atoms. The van der Waals surface area contributed by atoms with E-state index in [2.05, 4.69) is 20.3 Å². The molecule has 3 N–H and O–H groups in total. The molecule has 6 heteroatoms. The molecule has 0 aliphatic carbocycles. The molecular weight excluding hydrogens is 304 g/mol. The second-order valence-corrected chi connectivity index (χ2v) is 6.18. The minimum atomic E-state index is -0.898. The van der Waals surface area contributed by atoms with Crippen molar-refractivity contribution in [2.75, 3.05) is 5.32 Å². The lowest BCUT2D eigenvalue weighted by Gasteiger charge is -2.19. The van der Waals surface area contributed by atoms with Crippen molar-refractivity contribution in [3.63, 3.8) is 0 Å². The average Bonchev–Trinajstić information content (AvgIpc) is 2.92. The number of aromatic nitrogens is 3. The third-order valence-electron chi connectivity index (χ3n) is 3.88. The highest BCUT2D eigenvalue weighted by atomic mass is 16.4. The van der Waals surface area contributed by atoms with E-state index in [-0.39, 0.29) is 5.92 Å². The van der Waals surface area contributed by atoms with Crippen LogP contribution in [0.15, 0.2) is 36.4 Å². The summed E-state index contributed by atoms with van der Waals surface area (Å²) in [6.07, 6.45) is 0. The van der Waals surface area contributed by atoms with Crippen LogP contribution in [0.4, 0.5) is 5.82 Å². The van der Waals surface area contributed by atoms with Gasteiger partial charge >= 0.3 is 5.97 Å². The van der Waals surface area contributed by atoms with E-state index >= 15 is 0 Å². The monoisotopic (exact) mass is 324 g/mol. The van der Waals surface area contributed by atoms with Crippen LogP contribution in [0.1, 0.15) is 19.5 Å². The summed E-state index contributed by atoms with van der Waals surface area (Å²) in [6.45, 7) is 5.67. The van der Waals surface area contributed by atoms with E-state index in [9.17, 15) is 9.90 Å². The molecule has 0 bridgehead atoms. The predicted octanol–water partition coefficient (Wildman–Crippen LogP) is 3.45. The van der Waals surface area contributed by atoms with E-state index in [1.807, 2.05) is 57.2 Å². The van der Waals surface area contributed by atoms with Crippen molar-refractivity contribution in [2.24, 2.45) is 5.92 Å². The van der Waals surface area contributed by atoms with Crippen LogP contribution >= 0.6 is 0 Å². The number of benzene rings is 1. The number of aliphatic carboxylic acids is 1. The molecule has 0 aliphatic rings. The number of hydrogen-bond acceptors (Lipinski definition) is 4. The third-order valence-corrected chi connectivity index (χ3v) is 3.88. The summed E-state index contributed by atoms with van der Waals surface area (Å²) >= 11 is 0. The number of rotatable bonds is 5. The molecule has 0 amide bonds. The first kappa shape index (κ1) is 16.0. The molecule has 124 valence electrons. The quantitative estimate of drug-likeness (QED) is 0.668. The Kier molecular flexibility index (Phi) is 4.20. The zero-order valence-electron chi connectivity index (χ0n) is 13.9. The number of hydrogen-bond donors (Lipinski definition) is 3. The lowest BCUT2D eigenvalue weighted by molar-refractivity contribution is -0.138. The Morgan fingerprint density at radius 3 is 2.54 bits per heavy atom. The first-order valence-electron chi connectivity index (χ1n) is 7.88. The number of carboxylic acids is 1. The molecular formula is C18H20N4O2. The van der Waals surface area contributed by atoms with E-state index < -0.39 is 12.0 Å². The summed E-state index contributed by atoms with van der Waals surface area (Å²) in [6, 6.07) is 10.8. The Hall–Kier alpha value is -2.89. The van der Waals surface area contributed by atoms with Crippen molar-refractivity contribution in [3.05, 3.63) is 42.1 Å². The van der Waals surface area contributed by atoms with E-state index in [4.69, 9.17) is 0 Å². The first-order valence-corrected chi connectivity index (χ1v) is 7.88. The van der Waals surface area contributed by atoms with Crippen LogP contribution in [0.5, 0.6) is 0 Å². The molecule has 6 nitrogen and oxygen atoms in total. The van der Waals surface area contributed by atoms with Crippen molar-refractivity contribution in [2.45, 2.75) is 26.8 Å². The van der Waals surface area contributed by atoms with Crippen molar-refractivity contribution >= 4 is 22.8 Å². The minimum absolute atomic E-state index is 0.0762. The lowest BCUT2D eigenvalue weighted by atomic mass is 10.0. The second-order valence-electron chi connectivity index (χ2n) is 6.18. The van der Waals surface area contributed by atoms with Crippen LogP contribution in [0.25, 0.3) is 22.4 Å². The minimum Gasteiger partial charge on any atom is -0.480 e. The lowest BCUT2D eigenvalue weighted by Crippen LogP contribution is -2.34. The van der Waals surface area contributed by atoms with Gasteiger partial charge < -0.3 is 15.4 Å². The number of carbonyl (C=O) groups is 1. The zero-order valence-corrected chi connectivity index (χ0v) is 13.9. The predicted molar refractivity (Wildman–Crippen MR) is 93.9 cm³/mol. The number of aromatic amines is 1. The highest BCUT2D eigenvalue weighted by molar-refractivity contribution is 5.91. The van der Waals surface area contributed by atoms with E-state index in [1.165, 1.54) is 0 Å². The number of fused-ring (bicyclic) bond motifs is 1. The van der Waals surface area contributed by atoms with Gasteiger partial charge in [-0.1, -0.05) is 44.2 Å². The highest BCUT2D eigenvalue weighted by Gasteiger charge is 2.23. The van der Waals surface area contributed by atoms with Gasteiger partial charge in [0.15, 0.2) is 5.82 Å². The van der Waals surface area contributed by atoms with Crippen LogP contribution < -0.4 is 5.32 Å². The summed E-state index contributed by atoms with van der Waals surface area (Å²) in [4.78, 5) is 23.9. The molecule has 3 aromatic rings. The van der Waals surface area contributed by atoms with Crippen molar-refractivity contribution in [1.82, 2.24) is 15.0 Å². The Bertz CT molecular complexity index is 871. The normalized spacial score (nSPS) is 12.5. The molecule has 3 rings (SSSR count). The van der Waals surface area contributed by atoms with Crippen molar-refractivity contribution in [1.29, 1.82) is 0 Å². The fourth-order valence-corrected chi connectivity index (χ4v) is 2.63. The second kappa shape index (κ2) is 6.31. The SMILES string of the molecule is Cc1cc2c(NC(C(=O)O)C(C)C)nc(-c3ccccc3)nc2[nH]1. The highest BCUT2D eigenvalue weighted by Crippen LogP contribution is 2.26. The van der Waals surface area contributed by atoms with Crippen LogP contribution in [-0.2, 0) is 4.79 Å². The maximum absolute atomic E-state index is 11.5. The first-order chi connectivity index (χ1) is 11.5. The number of nitrogens with one attached hydrogen (secondary N) is 2. The summed E-state index contributed by atoms with van der Waals surface area (Å²) in [5.41, 5.74) is 2.52. The molecule has 0 aliphatic heterocycles. The van der Waals surface area contributed by atoms with Crippen LogP contribution in [-0.4, -0.2) is 32.1 Å². The fourth-order valence-electron chi connectivity index (χ4n) is 2.63. The maximum Gasteiger partial charge on any atom is 0.326 e. The van der Waals surface area contributed by atoms with Gasteiger partial charge in [0.25, 0.3) is 0 Å². The number of H-pyrrole nitrogens is 1. The van der Waals surface area contributed by atoms with E-state index in [0.29, 0.717) is 17.3 Å². The fraction of sp³-hybridized carbons (Fsp3) is 0.278. The molecule has 0 radical (unpaired) electrons. The van der Waals surface area contributed by atoms with Crippen LogP contribution in [0.2, 0.25) is 0 Å². The van der Waals surface area contributed by atoms with Gasteiger partial charge in [-0.25, -0.2) is 14.8 Å². The summed E-state index contributed by atoms with van der Waals surface area (Å²) < 4.78 is 0. The van der Waals surface area contributed by atoms with Gasteiger partial charge in [-0.3, -0.25) is 0 Å².